The summed E-state index contributed by atoms with van der Waals surface area (Å²) in [6.45, 7) is 1.82. The molecule has 0 aliphatic carbocycles. The molecule has 17 heavy (non-hydrogen) atoms. The smallest absolute Gasteiger partial charge is 0.331 e. The zero-order valence-corrected chi connectivity index (χ0v) is 10.1. The lowest BCUT2D eigenvalue weighted by Gasteiger charge is -2.28. The predicted molar refractivity (Wildman–Crippen MR) is 60.1 cm³/mol. The maximum absolute atomic E-state index is 11.6. The van der Waals surface area contributed by atoms with E-state index in [9.17, 15) is 9.59 Å². The van der Waals surface area contributed by atoms with E-state index in [-0.39, 0.29) is 12.6 Å². The van der Waals surface area contributed by atoms with Crippen molar-refractivity contribution in [3.8, 4) is 0 Å². The summed E-state index contributed by atoms with van der Waals surface area (Å²) in [5.74, 6) is -1.33. The van der Waals surface area contributed by atoms with E-state index in [4.69, 9.17) is 14.6 Å². The first-order chi connectivity index (χ1) is 8.10. The van der Waals surface area contributed by atoms with Gasteiger partial charge < -0.3 is 14.6 Å². The first-order valence-electron chi connectivity index (χ1n) is 5.67. The Bertz CT molecular complexity index is 321. The van der Waals surface area contributed by atoms with Crippen molar-refractivity contribution >= 4 is 11.9 Å². The molecule has 0 radical (unpaired) electrons. The van der Waals surface area contributed by atoms with Gasteiger partial charge in [-0.15, -0.1) is 0 Å². The van der Waals surface area contributed by atoms with E-state index >= 15 is 0 Å². The van der Waals surface area contributed by atoms with Gasteiger partial charge in [-0.05, 0) is 31.8 Å². The van der Waals surface area contributed by atoms with Gasteiger partial charge in [-0.3, -0.25) is 4.79 Å². The summed E-state index contributed by atoms with van der Waals surface area (Å²) >= 11 is 0. The van der Waals surface area contributed by atoms with Gasteiger partial charge in [0.05, 0.1) is 7.11 Å². The van der Waals surface area contributed by atoms with Crippen LogP contribution in [0.15, 0.2) is 11.6 Å². The Kier molecular flexibility index (Phi) is 5.15. The number of esters is 2. The molecule has 0 saturated heterocycles. The van der Waals surface area contributed by atoms with E-state index in [1.807, 2.05) is 0 Å². The van der Waals surface area contributed by atoms with Crippen LogP contribution in [0.4, 0.5) is 0 Å². The van der Waals surface area contributed by atoms with Crippen molar-refractivity contribution in [1.29, 1.82) is 0 Å². The highest BCUT2D eigenvalue weighted by atomic mass is 16.6. The molecule has 2 unspecified atom stereocenters. The summed E-state index contributed by atoms with van der Waals surface area (Å²) in [4.78, 5) is 22.9. The van der Waals surface area contributed by atoms with Crippen LogP contribution in [0.1, 0.15) is 26.2 Å². The molecule has 0 amide bonds. The van der Waals surface area contributed by atoms with Crippen molar-refractivity contribution in [3.63, 3.8) is 0 Å². The van der Waals surface area contributed by atoms with Crippen molar-refractivity contribution in [2.45, 2.75) is 32.3 Å². The SMILES string of the molecule is COC(=O)C1C(C)=CC(=O)OC1CCCCO. The van der Waals surface area contributed by atoms with Gasteiger partial charge >= 0.3 is 11.9 Å². The Labute approximate surface area is 100 Å². The lowest BCUT2D eigenvalue weighted by molar-refractivity contribution is -0.157. The Morgan fingerprint density at radius 1 is 1.53 bits per heavy atom. The lowest BCUT2D eigenvalue weighted by atomic mass is 9.89. The van der Waals surface area contributed by atoms with E-state index < -0.39 is 18.0 Å². The number of carbonyl (C=O) groups excluding carboxylic acids is 2. The highest BCUT2D eigenvalue weighted by Gasteiger charge is 2.36. The van der Waals surface area contributed by atoms with E-state index in [1.165, 1.54) is 13.2 Å². The Balaban J connectivity index is 2.74. The molecule has 0 aromatic heterocycles. The number of hydrogen-bond acceptors (Lipinski definition) is 5. The fourth-order valence-electron chi connectivity index (χ4n) is 1.97. The van der Waals surface area contributed by atoms with Gasteiger partial charge in [-0.1, -0.05) is 0 Å². The zero-order valence-electron chi connectivity index (χ0n) is 10.1. The van der Waals surface area contributed by atoms with Crippen molar-refractivity contribution in [3.05, 3.63) is 11.6 Å². The van der Waals surface area contributed by atoms with Crippen LogP contribution in [-0.2, 0) is 19.1 Å². The molecule has 0 spiro atoms. The van der Waals surface area contributed by atoms with Crippen LogP contribution < -0.4 is 0 Å². The molecule has 0 bridgehead atoms. The number of ether oxygens (including phenoxy) is 2. The molecule has 0 saturated carbocycles. The Morgan fingerprint density at radius 2 is 2.24 bits per heavy atom. The zero-order chi connectivity index (χ0) is 12.8. The van der Waals surface area contributed by atoms with E-state index in [0.29, 0.717) is 24.8 Å². The van der Waals surface area contributed by atoms with Gasteiger partial charge in [0.2, 0.25) is 0 Å². The van der Waals surface area contributed by atoms with Crippen molar-refractivity contribution in [1.82, 2.24) is 0 Å². The second-order valence-corrected chi connectivity index (χ2v) is 4.08. The topological polar surface area (TPSA) is 72.8 Å². The second-order valence-electron chi connectivity index (χ2n) is 4.08. The van der Waals surface area contributed by atoms with Crippen LogP contribution in [0.3, 0.4) is 0 Å². The van der Waals surface area contributed by atoms with Gasteiger partial charge in [-0.25, -0.2) is 4.79 Å². The maximum atomic E-state index is 11.6. The highest BCUT2D eigenvalue weighted by Crippen LogP contribution is 2.27. The minimum Gasteiger partial charge on any atom is -0.468 e. The lowest BCUT2D eigenvalue weighted by Crippen LogP contribution is -2.37. The summed E-state index contributed by atoms with van der Waals surface area (Å²) in [6.07, 6.45) is 2.73. The standard InChI is InChI=1S/C12H18O5/c1-8-7-10(14)17-9(5-3-4-6-13)11(8)12(15)16-2/h7,9,11,13H,3-6H2,1-2H3. The van der Waals surface area contributed by atoms with Gasteiger partial charge in [0, 0.05) is 12.7 Å². The monoisotopic (exact) mass is 242 g/mol. The van der Waals surface area contributed by atoms with Crippen molar-refractivity contribution in [2.24, 2.45) is 5.92 Å². The first-order valence-corrected chi connectivity index (χ1v) is 5.67. The number of unbranched alkanes of at least 4 members (excludes halogenated alkanes) is 1. The molecule has 0 aromatic rings. The number of methoxy groups -OCH3 is 1. The molecular weight excluding hydrogens is 224 g/mol. The van der Waals surface area contributed by atoms with Crippen LogP contribution >= 0.6 is 0 Å². The first kappa shape index (κ1) is 13.7. The van der Waals surface area contributed by atoms with Gasteiger partial charge in [0.25, 0.3) is 0 Å². The molecule has 1 rings (SSSR count). The van der Waals surface area contributed by atoms with Crippen molar-refractivity contribution in [2.75, 3.05) is 13.7 Å². The Morgan fingerprint density at radius 3 is 2.82 bits per heavy atom. The van der Waals surface area contributed by atoms with Crippen LogP contribution in [0.2, 0.25) is 0 Å². The molecule has 1 aliphatic rings. The van der Waals surface area contributed by atoms with Gasteiger partial charge in [0.15, 0.2) is 0 Å². The third kappa shape index (κ3) is 3.56. The quantitative estimate of drug-likeness (QED) is 0.570. The van der Waals surface area contributed by atoms with Gasteiger partial charge in [-0.2, -0.15) is 0 Å². The van der Waals surface area contributed by atoms with Crippen LogP contribution in [-0.4, -0.2) is 36.9 Å². The molecule has 5 nitrogen and oxygen atoms in total. The van der Waals surface area contributed by atoms with Crippen LogP contribution in [0.25, 0.3) is 0 Å². The highest BCUT2D eigenvalue weighted by molar-refractivity contribution is 5.88. The van der Waals surface area contributed by atoms with Crippen LogP contribution in [0.5, 0.6) is 0 Å². The number of cyclic esters (lactones) is 1. The third-order valence-electron chi connectivity index (χ3n) is 2.83. The molecule has 1 aliphatic heterocycles. The average molecular weight is 242 g/mol. The fourth-order valence-corrected chi connectivity index (χ4v) is 1.97. The summed E-state index contributed by atoms with van der Waals surface area (Å²) < 4.78 is 9.85. The molecule has 1 N–H and O–H groups in total. The molecule has 1 heterocycles. The molecule has 2 atom stereocenters. The van der Waals surface area contributed by atoms with E-state index in [0.717, 1.165) is 0 Å². The molecule has 0 fully saturated rings. The summed E-state index contributed by atoms with van der Waals surface area (Å²) in [5, 5.41) is 8.71. The summed E-state index contributed by atoms with van der Waals surface area (Å²) in [7, 11) is 1.32. The van der Waals surface area contributed by atoms with E-state index in [1.54, 1.807) is 6.92 Å². The molecule has 0 aromatic carbocycles. The number of hydrogen-bond donors (Lipinski definition) is 1. The Hall–Kier alpha value is -1.36. The molecular formula is C12H18O5. The average Bonchev–Trinajstić information content (AvgIpc) is 2.28. The van der Waals surface area contributed by atoms with Crippen molar-refractivity contribution < 1.29 is 24.2 Å². The number of rotatable bonds is 5. The second kappa shape index (κ2) is 6.39. The van der Waals surface area contributed by atoms with Crippen LogP contribution in [0, 0.1) is 5.92 Å². The molecule has 96 valence electrons. The van der Waals surface area contributed by atoms with Gasteiger partial charge in [0.1, 0.15) is 12.0 Å². The number of aliphatic hydroxyl groups is 1. The normalized spacial score (nSPS) is 23.9. The predicted octanol–water partition coefficient (Wildman–Crippen LogP) is 0.810. The fraction of sp³-hybridized carbons (Fsp3) is 0.667. The maximum Gasteiger partial charge on any atom is 0.331 e. The largest absolute Gasteiger partial charge is 0.468 e. The third-order valence-corrected chi connectivity index (χ3v) is 2.83. The number of carbonyl (C=O) groups is 2. The number of aliphatic hydroxyl groups excluding tert-OH is 1. The minimum absolute atomic E-state index is 0.0956. The summed E-state index contributed by atoms with van der Waals surface area (Å²) in [5.41, 5.74) is 0.669. The summed E-state index contributed by atoms with van der Waals surface area (Å²) in [6, 6.07) is 0. The molecule has 5 heteroatoms. The minimum atomic E-state index is -0.517. The van der Waals surface area contributed by atoms with E-state index in [2.05, 4.69) is 0 Å².